The van der Waals surface area contributed by atoms with Gasteiger partial charge in [-0.3, -0.25) is 0 Å². The molecular formula is C13H11NO3. The molecule has 0 aliphatic carbocycles. The van der Waals surface area contributed by atoms with E-state index in [9.17, 15) is 4.79 Å². The van der Waals surface area contributed by atoms with Gasteiger partial charge in [0.25, 0.3) is 0 Å². The number of hydrogen-bond acceptors (Lipinski definition) is 4. The Morgan fingerprint density at radius 2 is 1.94 bits per heavy atom. The highest BCUT2D eigenvalue weighted by Gasteiger charge is 2.10. The van der Waals surface area contributed by atoms with E-state index < -0.39 is 5.97 Å². The Balaban J connectivity index is 2.38. The van der Waals surface area contributed by atoms with Gasteiger partial charge in [0.2, 0.25) is 0 Å². The topological polar surface area (TPSA) is 51.8 Å². The summed E-state index contributed by atoms with van der Waals surface area (Å²) in [6, 6.07) is 12.9. The van der Waals surface area contributed by atoms with E-state index in [1.165, 1.54) is 6.92 Å². The van der Waals surface area contributed by atoms with Gasteiger partial charge in [-0.05, 0) is 12.1 Å². The normalized spacial score (nSPS) is 11.2. The van der Waals surface area contributed by atoms with Gasteiger partial charge in [0.15, 0.2) is 11.5 Å². The Morgan fingerprint density at radius 1 is 1.18 bits per heavy atom. The molecule has 0 spiro atoms. The molecule has 2 aromatic rings. The Hall–Kier alpha value is -2.36. The zero-order chi connectivity index (χ0) is 12.1. The van der Waals surface area contributed by atoms with E-state index in [1.807, 2.05) is 30.3 Å². The number of oxime groups is 1. The summed E-state index contributed by atoms with van der Waals surface area (Å²) in [7, 11) is 0. The molecule has 2 rings (SSSR count). The summed E-state index contributed by atoms with van der Waals surface area (Å²) < 4.78 is 5.26. The standard InChI is InChI=1S/C13H11NO3/c1-10(15)17-14-13(12-8-5-9-16-12)11-6-3-2-4-7-11/h2-9H,1H3/b14-13+. The van der Waals surface area contributed by atoms with E-state index in [1.54, 1.807) is 18.4 Å². The number of rotatable bonds is 3. The molecule has 1 heterocycles. The monoisotopic (exact) mass is 229 g/mol. The lowest BCUT2D eigenvalue weighted by atomic mass is 10.1. The first kappa shape index (κ1) is 11.1. The summed E-state index contributed by atoms with van der Waals surface area (Å²) in [4.78, 5) is 15.5. The molecule has 0 radical (unpaired) electrons. The van der Waals surface area contributed by atoms with Crippen LogP contribution in [0.5, 0.6) is 0 Å². The molecule has 86 valence electrons. The Kier molecular flexibility index (Phi) is 3.35. The van der Waals surface area contributed by atoms with E-state index in [-0.39, 0.29) is 0 Å². The largest absolute Gasteiger partial charge is 0.463 e. The van der Waals surface area contributed by atoms with Crippen LogP contribution in [0.3, 0.4) is 0 Å². The van der Waals surface area contributed by atoms with Crippen molar-refractivity contribution in [2.45, 2.75) is 6.92 Å². The maximum atomic E-state index is 10.8. The first-order valence-electron chi connectivity index (χ1n) is 5.12. The summed E-state index contributed by atoms with van der Waals surface area (Å²) in [5.41, 5.74) is 1.31. The third kappa shape index (κ3) is 2.81. The number of carbonyl (C=O) groups is 1. The Bertz CT molecular complexity index is 515. The zero-order valence-corrected chi connectivity index (χ0v) is 9.29. The smallest absolute Gasteiger partial charge is 0.332 e. The molecule has 0 aliphatic rings. The molecule has 0 N–H and O–H groups in total. The minimum absolute atomic E-state index is 0.468. The first-order chi connectivity index (χ1) is 8.27. The fourth-order valence-corrected chi connectivity index (χ4v) is 1.36. The van der Waals surface area contributed by atoms with Crippen LogP contribution in [0.25, 0.3) is 0 Å². The summed E-state index contributed by atoms with van der Waals surface area (Å²) in [6.45, 7) is 1.30. The van der Waals surface area contributed by atoms with Crippen LogP contribution in [0, 0.1) is 0 Å². The molecule has 0 saturated carbocycles. The van der Waals surface area contributed by atoms with Crippen molar-refractivity contribution in [3.05, 3.63) is 60.1 Å². The van der Waals surface area contributed by atoms with Crippen LogP contribution >= 0.6 is 0 Å². The van der Waals surface area contributed by atoms with E-state index in [0.717, 1.165) is 5.56 Å². The van der Waals surface area contributed by atoms with Crippen LogP contribution in [0.4, 0.5) is 0 Å². The Labute approximate surface area is 98.5 Å². The second-order valence-corrected chi connectivity index (χ2v) is 3.37. The molecule has 1 aromatic heterocycles. The van der Waals surface area contributed by atoms with Gasteiger partial charge in [0, 0.05) is 12.5 Å². The van der Waals surface area contributed by atoms with Crippen molar-refractivity contribution in [3.8, 4) is 0 Å². The molecule has 0 atom stereocenters. The van der Waals surface area contributed by atoms with Crippen molar-refractivity contribution >= 4 is 11.7 Å². The van der Waals surface area contributed by atoms with Gasteiger partial charge in [0.1, 0.15) is 0 Å². The third-order valence-electron chi connectivity index (χ3n) is 2.07. The van der Waals surface area contributed by atoms with Crippen molar-refractivity contribution in [2.24, 2.45) is 5.16 Å². The lowest BCUT2D eigenvalue weighted by Gasteiger charge is -2.02. The van der Waals surface area contributed by atoms with E-state index in [0.29, 0.717) is 11.5 Å². The summed E-state index contributed by atoms with van der Waals surface area (Å²) >= 11 is 0. The van der Waals surface area contributed by atoms with Crippen molar-refractivity contribution in [2.75, 3.05) is 0 Å². The maximum absolute atomic E-state index is 10.8. The lowest BCUT2D eigenvalue weighted by molar-refractivity contribution is -0.140. The van der Waals surface area contributed by atoms with Gasteiger partial charge in [0.05, 0.1) is 6.26 Å². The molecule has 0 amide bonds. The van der Waals surface area contributed by atoms with Crippen LogP contribution in [-0.4, -0.2) is 11.7 Å². The van der Waals surface area contributed by atoms with E-state index in [4.69, 9.17) is 4.42 Å². The minimum Gasteiger partial charge on any atom is -0.463 e. The van der Waals surface area contributed by atoms with Crippen molar-refractivity contribution < 1.29 is 14.0 Å². The van der Waals surface area contributed by atoms with Crippen molar-refractivity contribution in [1.29, 1.82) is 0 Å². The average Bonchev–Trinajstić information content (AvgIpc) is 2.84. The number of carbonyl (C=O) groups excluding carboxylic acids is 1. The third-order valence-corrected chi connectivity index (χ3v) is 2.07. The van der Waals surface area contributed by atoms with Gasteiger partial charge < -0.3 is 9.25 Å². The fraction of sp³-hybridized carbons (Fsp3) is 0.0769. The summed E-state index contributed by atoms with van der Waals surface area (Å²) in [5.74, 6) is 0.0856. The first-order valence-corrected chi connectivity index (χ1v) is 5.12. The number of hydrogen-bond donors (Lipinski definition) is 0. The second kappa shape index (κ2) is 5.12. The molecule has 4 nitrogen and oxygen atoms in total. The molecule has 1 aromatic carbocycles. The minimum atomic E-state index is -0.468. The van der Waals surface area contributed by atoms with Gasteiger partial charge in [-0.1, -0.05) is 35.5 Å². The molecular weight excluding hydrogens is 218 g/mol. The fourth-order valence-electron chi connectivity index (χ4n) is 1.36. The second-order valence-electron chi connectivity index (χ2n) is 3.37. The molecule has 0 aliphatic heterocycles. The molecule has 4 heteroatoms. The van der Waals surface area contributed by atoms with Crippen LogP contribution in [-0.2, 0) is 9.63 Å². The highest BCUT2D eigenvalue weighted by molar-refractivity contribution is 6.10. The van der Waals surface area contributed by atoms with Crippen LogP contribution < -0.4 is 0 Å². The highest BCUT2D eigenvalue weighted by atomic mass is 16.7. The highest BCUT2D eigenvalue weighted by Crippen LogP contribution is 2.11. The number of furan rings is 1. The quantitative estimate of drug-likeness (QED) is 0.461. The maximum Gasteiger partial charge on any atom is 0.332 e. The predicted molar refractivity (Wildman–Crippen MR) is 62.6 cm³/mol. The van der Waals surface area contributed by atoms with E-state index in [2.05, 4.69) is 9.99 Å². The molecule has 17 heavy (non-hydrogen) atoms. The van der Waals surface area contributed by atoms with Gasteiger partial charge in [-0.25, -0.2) is 4.79 Å². The van der Waals surface area contributed by atoms with Crippen LogP contribution in [0.2, 0.25) is 0 Å². The molecule has 0 bridgehead atoms. The van der Waals surface area contributed by atoms with E-state index >= 15 is 0 Å². The summed E-state index contributed by atoms with van der Waals surface area (Å²) in [5, 5.41) is 3.81. The van der Waals surface area contributed by atoms with Gasteiger partial charge in [-0.15, -0.1) is 0 Å². The van der Waals surface area contributed by atoms with Crippen molar-refractivity contribution in [1.82, 2.24) is 0 Å². The zero-order valence-electron chi connectivity index (χ0n) is 9.29. The molecule has 0 fully saturated rings. The SMILES string of the molecule is CC(=O)O/N=C(\c1ccccc1)c1ccco1. The van der Waals surface area contributed by atoms with Crippen LogP contribution in [0.15, 0.2) is 58.3 Å². The average molecular weight is 229 g/mol. The van der Waals surface area contributed by atoms with Crippen molar-refractivity contribution in [3.63, 3.8) is 0 Å². The number of benzene rings is 1. The molecule has 0 unspecified atom stereocenters. The van der Waals surface area contributed by atoms with Gasteiger partial charge >= 0.3 is 5.97 Å². The van der Waals surface area contributed by atoms with Gasteiger partial charge in [-0.2, -0.15) is 0 Å². The number of nitrogens with zero attached hydrogens (tertiary/aromatic N) is 1. The lowest BCUT2D eigenvalue weighted by Crippen LogP contribution is -2.04. The van der Waals surface area contributed by atoms with Crippen LogP contribution in [0.1, 0.15) is 18.2 Å². The Morgan fingerprint density at radius 3 is 2.53 bits per heavy atom. The predicted octanol–water partition coefficient (Wildman–Crippen LogP) is 2.60. The molecule has 0 saturated heterocycles. The summed E-state index contributed by atoms with van der Waals surface area (Å²) in [6.07, 6.45) is 1.54.